The molecule has 3 heterocycles. The highest BCUT2D eigenvalue weighted by Crippen LogP contribution is 2.28. The average molecular weight is 422 g/mol. The first-order valence-electron chi connectivity index (χ1n) is 8.65. The van der Waals surface area contributed by atoms with Gasteiger partial charge in [-0.3, -0.25) is 0 Å². The summed E-state index contributed by atoms with van der Waals surface area (Å²) >= 11 is 6.10. The average Bonchev–Trinajstić information content (AvgIpc) is 2.80. The Morgan fingerprint density at radius 2 is 2.15 bits per heavy atom. The predicted octanol–water partition coefficient (Wildman–Crippen LogP) is 2.50. The van der Waals surface area contributed by atoms with Crippen molar-refractivity contribution in [1.29, 1.82) is 0 Å². The van der Waals surface area contributed by atoms with E-state index in [2.05, 4.69) is 15.4 Å². The molecular weight excluding hydrogens is 400 g/mol. The molecule has 1 N–H and O–H groups in total. The minimum Gasteiger partial charge on any atom is -0.347 e. The fourth-order valence-corrected chi connectivity index (χ4v) is 4.28. The van der Waals surface area contributed by atoms with Gasteiger partial charge in [0.25, 0.3) is 0 Å². The molecule has 1 aliphatic heterocycles. The van der Waals surface area contributed by atoms with E-state index in [1.165, 1.54) is 10.7 Å². The van der Waals surface area contributed by atoms with Gasteiger partial charge >= 0.3 is 0 Å². The number of fused-ring (bicyclic) bond motifs is 1. The highest BCUT2D eigenvalue weighted by atomic mass is 35.5. The van der Waals surface area contributed by atoms with Crippen molar-refractivity contribution in [2.75, 3.05) is 24.7 Å². The molecule has 0 aromatic carbocycles. The van der Waals surface area contributed by atoms with Gasteiger partial charge in [0, 0.05) is 13.1 Å². The van der Waals surface area contributed by atoms with Crippen LogP contribution in [0.25, 0.3) is 5.52 Å². The highest BCUT2D eigenvalue weighted by Gasteiger charge is 2.33. The number of nitrogens with one attached hydrogen (secondary N) is 1. The molecule has 0 amide bonds. The SMILES string of the molecule is CC(C)Cc1c(Cl)c(F)c2cnc(N[C@@H]3CCN(S(C)(=O)=O)C[C@H]3F)nn12. The first-order chi connectivity index (χ1) is 12.6. The highest BCUT2D eigenvalue weighted by molar-refractivity contribution is 7.88. The van der Waals surface area contributed by atoms with Gasteiger partial charge in [0.2, 0.25) is 16.0 Å². The van der Waals surface area contributed by atoms with Crippen molar-refractivity contribution in [2.45, 2.75) is 38.9 Å². The second-order valence-electron chi connectivity index (χ2n) is 7.23. The number of piperidine rings is 1. The molecule has 0 radical (unpaired) electrons. The number of hydrogen-bond donors (Lipinski definition) is 1. The van der Waals surface area contributed by atoms with Crippen molar-refractivity contribution >= 4 is 33.1 Å². The molecule has 7 nitrogen and oxygen atoms in total. The zero-order valence-corrected chi connectivity index (χ0v) is 16.9. The third kappa shape index (κ3) is 4.17. The Morgan fingerprint density at radius 3 is 2.74 bits per heavy atom. The third-order valence-corrected chi connectivity index (χ3v) is 6.20. The van der Waals surface area contributed by atoms with Gasteiger partial charge in [0.15, 0.2) is 5.82 Å². The second-order valence-corrected chi connectivity index (χ2v) is 9.59. The lowest BCUT2D eigenvalue weighted by atomic mass is 10.1. The van der Waals surface area contributed by atoms with Gasteiger partial charge in [0.05, 0.1) is 24.2 Å². The van der Waals surface area contributed by atoms with E-state index in [1.807, 2.05) is 13.8 Å². The molecule has 2 aromatic heterocycles. The summed E-state index contributed by atoms with van der Waals surface area (Å²) in [5.74, 6) is -0.203. The maximum atomic E-state index is 14.4. The topological polar surface area (TPSA) is 79.6 Å². The summed E-state index contributed by atoms with van der Waals surface area (Å²) < 4.78 is 54.4. The van der Waals surface area contributed by atoms with Crippen molar-refractivity contribution in [3.63, 3.8) is 0 Å². The van der Waals surface area contributed by atoms with E-state index in [1.54, 1.807) is 0 Å². The summed E-state index contributed by atoms with van der Waals surface area (Å²) in [4.78, 5) is 4.06. The molecule has 0 bridgehead atoms. The van der Waals surface area contributed by atoms with Gasteiger partial charge in [-0.2, -0.15) is 4.31 Å². The van der Waals surface area contributed by atoms with Crippen LogP contribution in [-0.4, -0.2) is 58.9 Å². The molecule has 11 heteroatoms. The normalized spacial score (nSPS) is 21.9. The van der Waals surface area contributed by atoms with Crippen LogP contribution in [0.2, 0.25) is 5.02 Å². The van der Waals surface area contributed by atoms with Gasteiger partial charge in [-0.25, -0.2) is 26.7 Å². The van der Waals surface area contributed by atoms with Crippen LogP contribution in [0.3, 0.4) is 0 Å². The molecule has 1 saturated heterocycles. The minimum absolute atomic E-state index is 0.0139. The van der Waals surface area contributed by atoms with Gasteiger partial charge in [0.1, 0.15) is 16.7 Å². The monoisotopic (exact) mass is 421 g/mol. The summed E-state index contributed by atoms with van der Waals surface area (Å²) in [6.45, 7) is 3.96. The van der Waals surface area contributed by atoms with Crippen LogP contribution >= 0.6 is 11.6 Å². The molecular formula is C16H22ClF2N5O2S. The Morgan fingerprint density at radius 1 is 1.44 bits per heavy atom. The molecule has 0 spiro atoms. The Bertz CT molecular complexity index is 950. The van der Waals surface area contributed by atoms with E-state index in [9.17, 15) is 17.2 Å². The fraction of sp³-hybridized carbons (Fsp3) is 0.625. The van der Waals surface area contributed by atoms with Crippen LogP contribution < -0.4 is 5.32 Å². The molecule has 1 fully saturated rings. The lowest BCUT2D eigenvalue weighted by molar-refractivity contribution is 0.186. The zero-order valence-electron chi connectivity index (χ0n) is 15.3. The predicted molar refractivity (Wildman–Crippen MR) is 99.8 cm³/mol. The summed E-state index contributed by atoms with van der Waals surface area (Å²) in [6.07, 6.45) is 1.76. The van der Waals surface area contributed by atoms with Crippen molar-refractivity contribution in [3.8, 4) is 0 Å². The third-order valence-electron chi connectivity index (χ3n) is 4.55. The lowest BCUT2D eigenvalue weighted by Crippen LogP contribution is -2.49. The van der Waals surface area contributed by atoms with Crippen LogP contribution in [0.4, 0.5) is 14.7 Å². The number of alkyl halides is 1. The first-order valence-corrected chi connectivity index (χ1v) is 10.9. The molecule has 1 aliphatic rings. The van der Waals surface area contributed by atoms with Gasteiger partial charge in [-0.05, 0) is 18.8 Å². The summed E-state index contributed by atoms with van der Waals surface area (Å²) in [6, 6.07) is -0.634. The smallest absolute Gasteiger partial charge is 0.241 e. The Labute approximate surface area is 161 Å². The number of rotatable bonds is 5. The van der Waals surface area contributed by atoms with E-state index in [-0.39, 0.29) is 41.9 Å². The van der Waals surface area contributed by atoms with E-state index in [4.69, 9.17) is 11.6 Å². The maximum absolute atomic E-state index is 14.4. The van der Waals surface area contributed by atoms with Crippen LogP contribution in [0.1, 0.15) is 26.0 Å². The van der Waals surface area contributed by atoms with Crippen LogP contribution in [-0.2, 0) is 16.4 Å². The van der Waals surface area contributed by atoms with Gasteiger partial charge in [-0.1, -0.05) is 25.4 Å². The minimum atomic E-state index is -3.43. The summed E-state index contributed by atoms with van der Waals surface area (Å²) in [7, 11) is -3.43. The van der Waals surface area contributed by atoms with E-state index >= 15 is 0 Å². The maximum Gasteiger partial charge on any atom is 0.241 e. The quantitative estimate of drug-likeness (QED) is 0.802. The van der Waals surface area contributed by atoms with Crippen molar-refractivity contribution in [1.82, 2.24) is 18.9 Å². The molecule has 3 rings (SSSR count). The number of hydrogen-bond acceptors (Lipinski definition) is 5. The number of anilines is 1. The van der Waals surface area contributed by atoms with Crippen LogP contribution in [0, 0.1) is 11.7 Å². The van der Waals surface area contributed by atoms with Gasteiger partial charge < -0.3 is 5.32 Å². The standard InChI is InChI=1S/C16H22ClF2N5O2S/c1-9(2)6-12-14(17)15(19)13-7-20-16(22-24(12)13)21-11-4-5-23(8-10(11)18)27(3,25)26/h7,9-11H,4-6,8H2,1-3H3,(H,21,22)/t10-,11-/m1/s1. The summed E-state index contributed by atoms with van der Waals surface area (Å²) in [5.41, 5.74) is 0.693. The van der Waals surface area contributed by atoms with Gasteiger partial charge in [-0.15, -0.1) is 5.10 Å². The molecule has 0 unspecified atom stereocenters. The largest absolute Gasteiger partial charge is 0.347 e. The number of aromatic nitrogens is 3. The number of halogens is 3. The summed E-state index contributed by atoms with van der Waals surface area (Å²) in [5, 5.41) is 7.19. The Kier molecular flexibility index (Phi) is 5.60. The molecule has 150 valence electrons. The van der Waals surface area contributed by atoms with E-state index in [0.29, 0.717) is 12.1 Å². The Hall–Kier alpha value is -1.52. The fourth-order valence-electron chi connectivity index (χ4n) is 3.17. The molecule has 27 heavy (non-hydrogen) atoms. The number of sulfonamides is 1. The van der Waals surface area contributed by atoms with Crippen LogP contribution in [0.15, 0.2) is 6.20 Å². The van der Waals surface area contributed by atoms with Crippen molar-refractivity contribution < 1.29 is 17.2 Å². The van der Waals surface area contributed by atoms with E-state index < -0.39 is 28.1 Å². The molecule has 0 saturated carbocycles. The van der Waals surface area contributed by atoms with Crippen molar-refractivity contribution in [3.05, 3.63) is 22.7 Å². The zero-order chi connectivity index (χ0) is 19.9. The van der Waals surface area contributed by atoms with Crippen molar-refractivity contribution in [2.24, 2.45) is 5.92 Å². The van der Waals surface area contributed by atoms with Crippen LogP contribution in [0.5, 0.6) is 0 Å². The van der Waals surface area contributed by atoms with E-state index in [0.717, 1.165) is 10.6 Å². The second kappa shape index (κ2) is 7.48. The molecule has 2 aromatic rings. The molecule has 0 aliphatic carbocycles. The lowest BCUT2D eigenvalue weighted by Gasteiger charge is -2.33. The number of nitrogens with zero attached hydrogens (tertiary/aromatic N) is 4. The first kappa shape index (κ1) is 20.2. The Balaban J connectivity index is 1.84. The molecule has 2 atom stereocenters.